The van der Waals surface area contributed by atoms with Crippen LogP contribution in [-0.2, 0) is 11.2 Å². The first-order valence-corrected chi connectivity index (χ1v) is 9.13. The van der Waals surface area contributed by atoms with Gasteiger partial charge in [-0.25, -0.2) is 15.0 Å². The van der Waals surface area contributed by atoms with Crippen LogP contribution < -0.4 is 5.32 Å². The van der Waals surface area contributed by atoms with Gasteiger partial charge >= 0.3 is 0 Å². The van der Waals surface area contributed by atoms with Gasteiger partial charge in [-0.3, -0.25) is 4.57 Å². The van der Waals surface area contributed by atoms with Crippen LogP contribution in [0.4, 0.5) is 5.82 Å². The van der Waals surface area contributed by atoms with Crippen LogP contribution in [-0.4, -0.2) is 66.3 Å². The Morgan fingerprint density at radius 1 is 1.23 bits per heavy atom. The number of imidazole rings is 1. The third-order valence-electron chi connectivity index (χ3n) is 4.39. The number of aliphatic hydroxyl groups excluding tert-OH is 3. The summed E-state index contributed by atoms with van der Waals surface area (Å²) in [5.41, 5.74) is 1.03. The summed E-state index contributed by atoms with van der Waals surface area (Å²) in [6, 6.07) is 4.10. The average molecular weight is 377 g/mol. The summed E-state index contributed by atoms with van der Waals surface area (Å²) in [7, 11) is 0. The number of aromatic nitrogens is 4. The van der Waals surface area contributed by atoms with Crippen molar-refractivity contribution in [2.24, 2.45) is 0 Å². The predicted molar refractivity (Wildman–Crippen MR) is 94.8 cm³/mol. The molecule has 1 unspecified atom stereocenters. The first-order valence-electron chi connectivity index (χ1n) is 8.25. The van der Waals surface area contributed by atoms with E-state index in [4.69, 9.17) is 4.74 Å². The molecule has 0 aromatic carbocycles. The smallest absolute Gasteiger partial charge is 0.167 e. The molecule has 26 heavy (non-hydrogen) atoms. The van der Waals surface area contributed by atoms with Gasteiger partial charge in [0.1, 0.15) is 24.6 Å². The molecule has 0 bridgehead atoms. The number of anilines is 1. The molecular weight excluding hydrogens is 358 g/mol. The molecule has 3 aromatic heterocycles. The largest absolute Gasteiger partial charge is 0.394 e. The lowest BCUT2D eigenvalue weighted by atomic mass is 10.1. The molecule has 1 aliphatic rings. The normalized spacial score (nSPS) is 25.8. The highest BCUT2D eigenvalue weighted by atomic mass is 32.1. The second-order valence-corrected chi connectivity index (χ2v) is 7.06. The standard InChI is InChI=1S/C16H19N5O4S/c22-6-10-12(23)13(24)16(25-10)21-8-20-11-14(18-7-19-15(11)21)17-4-3-9-2-1-5-26-9/h1-2,5,7-8,10,12-13,16,22-24H,3-4,6H2,(H,17,18,19)/t10-,12-,13-,16?/m1/s1. The third-order valence-corrected chi connectivity index (χ3v) is 5.33. The Bertz CT molecular complexity index is 871. The van der Waals surface area contributed by atoms with Crippen molar-refractivity contribution in [2.75, 3.05) is 18.5 Å². The van der Waals surface area contributed by atoms with E-state index in [0.29, 0.717) is 23.5 Å². The maximum atomic E-state index is 10.2. The molecule has 1 aliphatic heterocycles. The van der Waals surface area contributed by atoms with Crippen LogP contribution in [0.2, 0.25) is 0 Å². The van der Waals surface area contributed by atoms with Gasteiger partial charge in [0.05, 0.1) is 12.9 Å². The Morgan fingerprint density at radius 3 is 2.85 bits per heavy atom. The highest BCUT2D eigenvalue weighted by Crippen LogP contribution is 2.32. The van der Waals surface area contributed by atoms with Gasteiger partial charge in [0.25, 0.3) is 0 Å². The second kappa shape index (κ2) is 7.25. The van der Waals surface area contributed by atoms with E-state index in [1.807, 2.05) is 11.4 Å². The minimum atomic E-state index is -1.19. The van der Waals surface area contributed by atoms with Crippen molar-refractivity contribution in [3.05, 3.63) is 35.0 Å². The van der Waals surface area contributed by atoms with Crippen LogP contribution in [0.3, 0.4) is 0 Å². The van der Waals surface area contributed by atoms with E-state index in [0.717, 1.165) is 6.42 Å². The molecule has 4 atom stereocenters. The fourth-order valence-electron chi connectivity index (χ4n) is 3.04. The van der Waals surface area contributed by atoms with Crippen molar-refractivity contribution < 1.29 is 20.1 Å². The van der Waals surface area contributed by atoms with Crippen LogP contribution in [0.25, 0.3) is 11.2 Å². The summed E-state index contributed by atoms with van der Waals surface area (Å²) in [4.78, 5) is 14.1. The van der Waals surface area contributed by atoms with Gasteiger partial charge < -0.3 is 25.4 Å². The molecule has 1 saturated heterocycles. The summed E-state index contributed by atoms with van der Waals surface area (Å²) >= 11 is 1.70. The van der Waals surface area contributed by atoms with E-state index in [-0.39, 0.29) is 6.61 Å². The zero-order valence-electron chi connectivity index (χ0n) is 13.8. The molecular formula is C16H19N5O4S. The lowest BCUT2D eigenvalue weighted by Gasteiger charge is -2.16. The minimum Gasteiger partial charge on any atom is -0.394 e. The number of thiophene rings is 1. The van der Waals surface area contributed by atoms with Crippen molar-refractivity contribution in [3.8, 4) is 0 Å². The monoisotopic (exact) mass is 377 g/mol. The Morgan fingerprint density at radius 2 is 2.12 bits per heavy atom. The van der Waals surface area contributed by atoms with E-state index >= 15 is 0 Å². The Kier molecular flexibility index (Phi) is 4.83. The Labute approximate surface area is 152 Å². The summed E-state index contributed by atoms with van der Waals surface area (Å²) in [6.07, 6.45) is -0.306. The molecule has 0 amide bonds. The molecule has 3 aromatic rings. The van der Waals surface area contributed by atoms with Gasteiger partial charge in [0.15, 0.2) is 23.2 Å². The lowest BCUT2D eigenvalue weighted by Crippen LogP contribution is -2.33. The number of rotatable bonds is 6. The molecule has 4 N–H and O–H groups in total. The van der Waals surface area contributed by atoms with E-state index in [2.05, 4.69) is 26.3 Å². The van der Waals surface area contributed by atoms with Crippen LogP contribution in [0.5, 0.6) is 0 Å². The van der Waals surface area contributed by atoms with Crippen molar-refractivity contribution in [1.82, 2.24) is 19.5 Å². The number of fused-ring (bicyclic) bond motifs is 1. The SMILES string of the molecule is OC[C@H]1OC(n2cnc3c(NCCc4cccs4)ncnc32)[C@H](O)[C@@H]1O. The lowest BCUT2D eigenvalue weighted by molar-refractivity contribution is -0.0511. The number of hydrogen-bond acceptors (Lipinski definition) is 9. The number of hydrogen-bond donors (Lipinski definition) is 4. The summed E-state index contributed by atoms with van der Waals surface area (Å²) in [5, 5.41) is 34.7. The van der Waals surface area contributed by atoms with E-state index in [1.54, 1.807) is 15.9 Å². The molecule has 0 saturated carbocycles. The number of nitrogens with zero attached hydrogens (tertiary/aromatic N) is 4. The van der Waals surface area contributed by atoms with Gasteiger partial charge in [-0.2, -0.15) is 0 Å². The average Bonchev–Trinajstić information content (AvgIpc) is 3.37. The fraction of sp³-hybridized carbons (Fsp3) is 0.438. The summed E-state index contributed by atoms with van der Waals surface area (Å²) < 4.78 is 7.10. The quantitative estimate of drug-likeness (QED) is 0.478. The molecule has 9 nitrogen and oxygen atoms in total. The Balaban J connectivity index is 1.55. The maximum Gasteiger partial charge on any atom is 0.167 e. The predicted octanol–water partition coefficient (Wildman–Crippen LogP) is 0.154. The highest BCUT2D eigenvalue weighted by Gasteiger charge is 2.44. The first kappa shape index (κ1) is 17.3. The van der Waals surface area contributed by atoms with Crippen LogP contribution in [0.1, 0.15) is 11.1 Å². The van der Waals surface area contributed by atoms with Gasteiger partial charge in [0.2, 0.25) is 0 Å². The van der Waals surface area contributed by atoms with Gasteiger partial charge in [-0.15, -0.1) is 11.3 Å². The number of ether oxygens (including phenoxy) is 1. The Hall–Kier alpha value is -2.11. The van der Waals surface area contributed by atoms with Crippen LogP contribution >= 0.6 is 11.3 Å². The molecule has 138 valence electrons. The zero-order chi connectivity index (χ0) is 18.1. The first-order chi connectivity index (χ1) is 12.7. The summed E-state index contributed by atoms with van der Waals surface area (Å²) in [5.74, 6) is 0.594. The van der Waals surface area contributed by atoms with E-state index in [9.17, 15) is 15.3 Å². The molecule has 0 radical (unpaired) electrons. The minimum absolute atomic E-state index is 0.383. The van der Waals surface area contributed by atoms with Crippen molar-refractivity contribution in [2.45, 2.75) is 31.0 Å². The van der Waals surface area contributed by atoms with Crippen molar-refractivity contribution in [3.63, 3.8) is 0 Å². The molecule has 10 heteroatoms. The van der Waals surface area contributed by atoms with Gasteiger partial charge in [0, 0.05) is 11.4 Å². The maximum absolute atomic E-state index is 10.2. The van der Waals surface area contributed by atoms with Crippen LogP contribution in [0, 0.1) is 0 Å². The number of nitrogens with one attached hydrogen (secondary N) is 1. The fourth-order valence-corrected chi connectivity index (χ4v) is 3.75. The molecule has 4 heterocycles. The number of aliphatic hydroxyl groups is 3. The van der Waals surface area contributed by atoms with Crippen molar-refractivity contribution >= 4 is 28.3 Å². The molecule has 1 fully saturated rings. The second-order valence-electron chi connectivity index (χ2n) is 6.03. The van der Waals surface area contributed by atoms with E-state index < -0.39 is 24.5 Å². The molecule has 4 rings (SSSR count). The topological polar surface area (TPSA) is 126 Å². The van der Waals surface area contributed by atoms with Gasteiger partial charge in [-0.1, -0.05) is 6.07 Å². The molecule has 0 aliphatic carbocycles. The molecule has 0 spiro atoms. The third kappa shape index (κ3) is 3.06. The highest BCUT2D eigenvalue weighted by molar-refractivity contribution is 7.09. The van der Waals surface area contributed by atoms with Crippen LogP contribution in [0.15, 0.2) is 30.2 Å². The van der Waals surface area contributed by atoms with Gasteiger partial charge in [-0.05, 0) is 17.9 Å². The zero-order valence-corrected chi connectivity index (χ0v) is 14.6. The summed E-state index contributed by atoms with van der Waals surface area (Å²) in [6.45, 7) is 0.319. The van der Waals surface area contributed by atoms with Crippen molar-refractivity contribution in [1.29, 1.82) is 0 Å². The van der Waals surface area contributed by atoms with E-state index in [1.165, 1.54) is 17.5 Å².